The third-order valence-electron chi connectivity index (χ3n) is 5.17. The second-order valence-corrected chi connectivity index (χ2v) is 8.60. The number of halogens is 1. The van der Waals surface area contributed by atoms with Crippen LogP contribution in [-0.2, 0) is 0 Å². The van der Waals surface area contributed by atoms with Crippen LogP contribution in [0.3, 0.4) is 0 Å². The van der Waals surface area contributed by atoms with Gasteiger partial charge in [-0.1, -0.05) is 19.3 Å². The molecule has 164 valence electrons. The first kappa shape index (κ1) is 22.0. The maximum absolute atomic E-state index is 14.4. The van der Waals surface area contributed by atoms with Crippen molar-refractivity contribution in [1.29, 1.82) is 0 Å². The summed E-state index contributed by atoms with van der Waals surface area (Å²) >= 11 is 0. The number of rotatable bonds is 8. The number of hydrogen-bond acceptors (Lipinski definition) is 8. The summed E-state index contributed by atoms with van der Waals surface area (Å²) in [6.45, 7) is 4.91. The van der Waals surface area contributed by atoms with Gasteiger partial charge in [0, 0.05) is 30.4 Å². The van der Waals surface area contributed by atoms with E-state index in [0.29, 0.717) is 30.0 Å². The van der Waals surface area contributed by atoms with E-state index in [0.717, 1.165) is 6.54 Å². The molecule has 0 amide bonds. The summed E-state index contributed by atoms with van der Waals surface area (Å²) in [5.41, 5.74) is 12.2. The fraction of sp³-hybridized carbons (Fsp3) is 0.571. The summed E-state index contributed by atoms with van der Waals surface area (Å²) in [5.74, 6) is 1.12. The number of nitrogens with zero attached hydrogens (tertiary/aromatic N) is 4. The highest BCUT2D eigenvalue weighted by Gasteiger charge is 2.23. The maximum Gasteiger partial charge on any atom is 0.236 e. The monoisotopic (exact) mass is 417 g/mol. The molecule has 1 aliphatic rings. The Morgan fingerprint density at radius 3 is 2.57 bits per heavy atom. The van der Waals surface area contributed by atoms with Crippen LogP contribution in [-0.4, -0.2) is 40.7 Å². The zero-order chi connectivity index (χ0) is 21.7. The van der Waals surface area contributed by atoms with Crippen LogP contribution in [0.15, 0.2) is 18.2 Å². The summed E-state index contributed by atoms with van der Waals surface area (Å²) in [7, 11) is 1.43. The number of nitrogens with one attached hydrogen (secondary N) is 1. The molecule has 1 fully saturated rings. The van der Waals surface area contributed by atoms with E-state index in [4.69, 9.17) is 16.2 Å². The Balaban J connectivity index is 1.88. The first-order valence-electron chi connectivity index (χ1n) is 10.4. The average Bonchev–Trinajstić information content (AvgIpc) is 2.70. The van der Waals surface area contributed by atoms with Crippen LogP contribution in [0.4, 0.5) is 27.9 Å². The summed E-state index contributed by atoms with van der Waals surface area (Å²) in [4.78, 5) is 14.8. The summed E-state index contributed by atoms with van der Waals surface area (Å²) in [6, 6.07) is 4.68. The van der Waals surface area contributed by atoms with Gasteiger partial charge in [0.1, 0.15) is 0 Å². The Labute approximate surface area is 177 Å². The Bertz CT molecular complexity index is 850. The van der Waals surface area contributed by atoms with Crippen LogP contribution in [0.25, 0.3) is 0 Å². The van der Waals surface area contributed by atoms with E-state index in [1.807, 2.05) is 13.8 Å². The van der Waals surface area contributed by atoms with Gasteiger partial charge in [0.2, 0.25) is 17.8 Å². The van der Waals surface area contributed by atoms with Gasteiger partial charge in [-0.25, -0.2) is 4.39 Å². The highest BCUT2D eigenvalue weighted by Crippen LogP contribution is 2.29. The lowest BCUT2D eigenvalue weighted by atomic mass is 9.89. The van der Waals surface area contributed by atoms with Crippen molar-refractivity contribution in [2.75, 3.05) is 36.1 Å². The molecule has 1 heterocycles. The summed E-state index contributed by atoms with van der Waals surface area (Å²) < 4.78 is 19.4. The van der Waals surface area contributed by atoms with Crippen molar-refractivity contribution >= 4 is 23.5 Å². The molecule has 3 rings (SSSR count). The Morgan fingerprint density at radius 1 is 1.20 bits per heavy atom. The van der Waals surface area contributed by atoms with Crippen molar-refractivity contribution < 1.29 is 9.13 Å². The number of nitrogen functional groups attached to an aromatic ring is 1. The van der Waals surface area contributed by atoms with Crippen LogP contribution in [0.2, 0.25) is 0 Å². The average molecular weight is 418 g/mol. The SMILES string of the molecule is COc1ccc(N(CC(C)(C)N)c2nc(N)nc(NCC3CCCCC3)n2)cc1F. The smallest absolute Gasteiger partial charge is 0.236 e. The van der Waals surface area contributed by atoms with Crippen molar-refractivity contribution in [3.8, 4) is 5.75 Å². The zero-order valence-corrected chi connectivity index (χ0v) is 18.0. The molecular weight excluding hydrogens is 385 g/mol. The second kappa shape index (κ2) is 9.42. The molecular formula is C21H32FN7O. The van der Waals surface area contributed by atoms with Gasteiger partial charge in [0.05, 0.1) is 7.11 Å². The Kier molecular flexibility index (Phi) is 6.91. The third-order valence-corrected chi connectivity index (χ3v) is 5.17. The number of aromatic nitrogens is 3. The molecule has 30 heavy (non-hydrogen) atoms. The van der Waals surface area contributed by atoms with Gasteiger partial charge in [-0.2, -0.15) is 15.0 Å². The van der Waals surface area contributed by atoms with Gasteiger partial charge < -0.3 is 26.4 Å². The van der Waals surface area contributed by atoms with Gasteiger partial charge in [0.15, 0.2) is 11.6 Å². The van der Waals surface area contributed by atoms with Gasteiger partial charge in [0.25, 0.3) is 0 Å². The molecule has 9 heteroatoms. The number of benzene rings is 1. The molecule has 8 nitrogen and oxygen atoms in total. The van der Waals surface area contributed by atoms with E-state index in [1.165, 1.54) is 45.3 Å². The minimum atomic E-state index is -0.590. The number of ether oxygens (including phenoxy) is 1. The number of hydrogen-bond donors (Lipinski definition) is 3. The summed E-state index contributed by atoms with van der Waals surface area (Å²) in [5, 5.41) is 3.30. The standard InChI is InChI=1S/C21H32FN7O/c1-21(2,24)13-29(15-9-10-17(30-3)16(22)11-15)20-27-18(23)26-19(28-20)25-12-14-7-5-4-6-8-14/h9-11,14H,4-8,12-13,24H2,1-3H3,(H3,23,25,26,27,28). The molecule has 0 spiro atoms. The molecule has 0 radical (unpaired) electrons. The van der Waals surface area contributed by atoms with E-state index < -0.39 is 11.4 Å². The zero-order valence-electron chi connectivity index (χ0n) is 18.0. The minimum Gasteiger partial charge on any atom is -0.494 e. The topological polar surface area (TPSA) is 115 Å². The van der Waals surface area contributed by atoms with Crippen LogP contribution in [0.5, 0.6) is 5.75 Å². The molecule has 1 aromatic heterocycles. The molecule has 0 aliphatic heterocycles. The van der Waals surface area contributed by atoms with Crippen molar-refractivity contribution in [2.45, 2.75) is 51.5 Å². The first-order valence-corrected chi connectivity index (χ1v) is 10.4. The molecule has 2 aromatic rings. The van der Waals surface area contributed by atoms with Crippen LogP contribution >= 0.6 is 0 Å². The van der Waals surface area contributed by atoms with E-state index >= 15 is 0 Å². The van der Waals surface area contributed by atoms with E-state index in [9.17, 15) is 4.39 Å². The fourth-order valence-corrected chi connectivity index (χ4v) is 3.72. The van der Waals surface area contributed by atoms with Crippen LogP contribution in [0.1, 0.15) is 46.0 Å². The normalized spacial score (nSPS) is 15.1. The number of nitrogens with two attached hydrogens (primary N) is 2. The lowest BCUT2D eigenvalue weighted by molar-refractivity contribution is 0.373. The van der Waals surface area contributed by atoms with Gasteiger partial charge in [-0.3, -0.25) is 0 Å². The lowest BCUT2D eigenvalue weighted by Crippen LogP contribution is -2.44. The Morgan fingerprint density at radius 2 is 1.93 bits per heavy atom. The van der Waals surface area contributed by atoms with Crippen LogP contribution < -0.4 is 26.4 Å². The maximum atomic E-state index is 14.4. The molecule has 5 N–H and O–H groups in total. The predicted molar refractivity (Wildman–Crippen MR) is 118 cm³/mol. The number of methoxy groups -OCH3 is 1. The largest absolute Gasteiger partial charge is 0.494 e. The summed E-state index contributed by atoms with van der Waals surface area (Å²) in [6.07, 6.45) is 6.25. The van der Waals surface area contributed by atoms with E-state index in [-0.39, 0.29) is 11.7 Å². The van der Waals surface area contributed by atoms with Crippen molar-refractivity contribution in [1.82, 2.24) is 15.0 Å². The Hall–Kier alpha value is -2.68. The molecule has 0 atom stereocenters. The third kappa shape index (κ3) is 5.91. The molecule has 1 aliphatic carbocycles. The lowest BCUT2D eigenvalue weighted by Gasteiger charge is -2.30. The highest BCUT2D eigenvalue weighted by atomic mass is 19.1. The van der Waals surface area contributed by atoms with Gasteiger partial charge in [-0.15, -0.1) is 0 Å². The quantitative estimate of drug-likeness (QED) is 0.598. The fourth-order valence-electron chi connectivity index (χ4n) is 3.72. The molecule has 0 unspecified atom stereocenters. The van der Waals surface area contributed by atoms with Gasteiger partial charge in [-0.05, 0) is 44.7 Å². The number of anilines is 4. The minimum absolute atomic E-state index is 0.0972. The highest BCUT2D eigenvalue weighted by molar-refractivity contribution is 5.60. The molecule has 1 aromatic carbocycles. The van der Waals surface area contributed by atoms with Crippen molar-refractivity contribution in [2.24, 2.45) is 11.7 Å². The van der Waals surface area contributed by atoms with E-state index in [2.05, 4.69) is 20.3 Å². The van der Waals surface area contributed by atoms with Gasteiger partial charge >= 0.3 is 0 Å². The first-order chi connectivity index (χ1) is 14.2. The molecule has 1 saturated carbocycles. The molecule has 0 saturated heterocycles. The van der Waals surface area contributed by atoms with Crippen LogP contribution in [0, 0.1) is 11.7 Å². The van der Waals surface area contributed by atoms with Crippen molar-refractivity contribution in [3.05, 3.63) is 24.0 Å². The van der Waals surface area contributed by atoms with Crippen molar-refractivity contribution in [3.63, 3.8) is 0 Å². The second-order valence-electron chi connectivity index (χ2n) is 8.60. The van der Waals surface area contributed by atoms with E-state index in [1.54, 1.807) is 17.0 Å². The predicted octanol–water partition coefficient (Wildman–Crippen LogP) is 3.47. The molecule has 0 bridgehead atoms.